The first-order chi connectivity index (χ1) is 14.7. The van der Waals surface area contributed by atoms with E-state index in [4.69, 9.17) is 14.2 Å². The molecule has 2 aromatic carbocycles. The molecule has 0 aliphatic carbocycles. The summed E-state index contributed by atoms with van der Waals surface area (Å²) in [4.78, 5) is 22.5. The highest BCUT2D eigenvalue weighted by Gasteiger charge is 2.17. The fourth-order valence-corrected chi connectivity index (χ4v) is 3.99. The van der Waals surface area contributed by atoms with E-state index in [0.29, 0.717) is 45.0 Å². The molecule has 0 amide bonds. The molecule has 0 saturated heterocycles. The van der Waals surface area contributed by atoms with Crippen molar-refractivity contribution < 1.29 is 9.26 Å². The molecule has 4 aromatic rings. The summed E-state index contributed by atoms with van der Waals surface area (Å²) in [6, 6.07) is 14.7. The Balaban J connectivity index is 1.74. The molecule has 0 N–H and O–H groups in total. The maximum Gasteiger partial charge on any atom is 0.266 e. The fraction of sp³-hybridized carbons (Fsp3) is 0.273. The highest BCUT2D eigenvalue weighted by atomic mass is 32.2. The zero-order chi connectivity index (χ0) is 20.9. The van der Waals surface area contributed by atoms with E-state index in [1.54, 1.807) is 17.7 Å². The van der Waals surface area contributed by atoms with Gasteiger partial charge in [0.1, 0.15) is 5.75 Å². The molecule has 0 radical (unpaired) electrons. The van der Waals surface area contributed by atoms with E-state index in [9.17, 15) is 4.79 Å². The van der Waals surface area contributed by atoms with E-state index >= 15 is 0 Å². The molecule has 0 unspecified atom stereocenters. The quantitative estimate of drug-likeness (QED) is 0.307. The highest BCUT2D eigenvalue weighted by molar-refractivity contribution is 7.98. The van der Waals surface area contributed by atoms with Crippen molar-refractivity contribution in [3.8, 4) is 11.4 Å². The molecular weight excluding hydrogens is 400 g/mol. The lowest BCUT2D eigenvalue weighted by atomic mass is 10.2. The number of para-hydroxylation sites is 3. The molecular formula is C22H22N4O3S. The molecule has 7 nitrogen and oxygen atoms in total. The normalized spacial score (nSPS) is 11.1. The Labute approximate surface area is 178 Å². The molecule has 2 heterocycles. The topological polar surface area (TPSA) is 83.0 Å². The van der Waals surface area contributed by atoms with Crippen LogP contribution in [0.5, 0.6) is 5.75 Å². The number of ether oxygens (including phenoxy) is 1. The number of aryl methyl sites for hydroxylation is 1. The van der Waals surface area contributed by atoms with Gasteiger partial charge in [0.2, 0.25) is 5.89 Å². The van der Waals surface area contributed by atoms with Crippen LogP contribution in [0.25, 0.3) is 16.6 Å². The Morgan fingerprint density at radius 3 is 2.73 bits per heavy atom. The van der Waals surface area contributed by atoms with Gasteiger partial charge in [-0.1, -0.05) is 54.5 Å². The third-order valence-corrected chi connectivity index (χ3v) is 5.58. The molecule has 0 aliphatic rings. The minimum atomic E-state index is -0.151. The summed E-state index contributed by atoms with van der Waals surface area (Å²) >= 11 is 1.38. The van der Waals surface area contributed by atoms with Crippen molar-refractivity contribution in [2.45, 2.75) is 37.1 Å². The van der Waals surface area contributed by atoms with Crippen LogP contribution in [0.1, 0.15) is 31.5 Å². The molecule has 0 aliphatic heterocycles. The molecule has 0 bridgehead atoms. The van der Waals surface area contributed by atoms with Gasteiger partial charge in [-0.15, -0.1) is 0 Å². The van der Waals surface area contributed by atoms with E-state index in [-0.39, 0.29) is 5.56 Å². The molecule has 8 heteroatoms. The highest BCUT2D eigenvalue weighted by Crippen LogP contribution is 2.28. The van der Waals surface area contributed by atoms with Crippen LogP contribution in [-0.4, -0.2) is 26.8 Å². The van der Waals surface area contributed by atoms with Gasteiger partial charge in [-0.25, -0.2) is 4.98 Å². The van der Waals surface area contributed by atoms with Crippen LogP contribution in [0.15, 0.2) is 63.0 Å². The van der Waals surface area contributed by atoms with Crippen molar-refractivity contribution >= 4 is 22.7 Å². The van der Waals surface area contributed by atoms with Crippen LogP contribution in [-0.2, 0) is 12.2 Å². The Bertz CT molecular complexity index is 1220. The second-order valence-electron chi connectivity index (χ2n) is 6.72. The summed E-state index contributed by atoms with van der Waals surface area (Å²) < 4.78 is 12.4. The maximum atomic E-state index is 13.4. The van der Waals surface area contributed by atoms with Crippen molar-refractivity contribution in [3.05, 3.63) is 70.6 Å². The number of fused-ring (bicyclic) bond motifs is 1. The van der Waals surface area contributed by atoms with E-state index in [1.165, 1.54) is 11.8 Å². The summed E-state index contributed by atoms with van der Waals surface area (Å²) in [7, 11) is 1.58. The average molecular weight is 423 g/mol. The van der Waals surface area contributed by atoms with E-state index < -0.39 is 0 Å². The predicted octanol–water partition coefficient (Wildman–Crippen LogP) is 4.41. The molecule has 0 saturated carbocycles. The summed E-state index contributed by atoms with van der Waals surface area (Å²) in [5, 5.41) is 5.12. The van der Waals surface area contributed by atoms with Crippen LogP contribution in [0, 0.1) is 0 Å². The Morgan fingerprint density at radius 1 is 1.10 bits per heavy atom. The van der Waals surface area contributed by atoms with Crippen LogP contribution in [0.2, 0.25) is 0 Å². The minimum absolute atomic E-state index is 0.151. The Morgan fingerprint density at radius 2 is 1.90 bits per heavy atom. The van der Waals surface area contributed by atoms with Gasteiger partial charge in [0.05, 0.1) is 29.5 Å². The predicted molar refractivity (Wildman–Crippen MR) is 116 cm³/mol. The average Bonchev–Trinajstić information content (AvgIpc) is 3.24. The zero-order valence-corrected chi connectivity index (χ0v) is 17.7. The maximum absolute atomic E-state index is 13.4. The van der Waals surface area contributed by atoms with Gasteiger partial charge in [0.25, 0.3) is 5.56 Å². The standard InChI is InChI=1S/C22H22N4O3S/c1-3-4-13-19-24-20(29-25-19)14-30-22-23-16-10-6-5-9-15(16)21(27)26(22)17-11-7-8-12-18(17)28-2/h5-12H,3-4,13-14H2,1-2H3. The third-order valence-electron chi connectivity index (χ3n) is 4.66. The Hall–Kier alpha value is -3.13. The lowest BCUT2D eigenvalue weighted by Gasteiger charge is -2.15. The van der Waals surface area contributed by atoms with Gasteiger partial charge in [0, 0.05) is 6.42 Å². The first-order valence-electron chi connectivity index (χ1n) is 9.80. The van der Waals surface area contributed by atoms with Gasteiger partial charge >= 0.3 is 0 Å². The summed E-state index contributed by atoms with van der Waals surface area (Å²) in [5.74, 6) is 2.23. The van der Waals surface area contributed by atoms with Crippen molar-refractivity contribution in [2.24, 2.45) is 0 Å². The second kappa shape index (κ2) is 9.13. The number of aromatic nitrogens is 4. The smallest absolute Gasteiger partial charge is 0.266 e. The van der Waals surface area contributed by atoms with Crippen molar-refractivity contribution in [1.29, 1.82) is 0 Å². The van der Waals surface area contributed by atoms with Crippen LogP contribution in [0.4, 0.5) is 0 Å². The lowest BCUT2D eigenvalue weighted by Crippen LogP contribution is -2.22. The van der Waals surface area contributed by atoms with E-state index in [1.807, 2.05) is 42.5 Å². The van der Waals surface area contributed by atoms with Crippen LogP contribution >= 0.6 is 11.8 Å². The number of nitrogens with zero attached hydrogens (tertiary/aromatic N) is 4. The van der Waals surface area contributed by atoms with Gasteiger partial charge in [-0.2, -0.15) is 4.98 Å². The third kappa shape index (κ3) is 4.09. The Kier molecular flexibility index (Phi) is 6.13. The molecule has 0 fully saturated rings. The summed E-state index contributed by atoms with van der Waals surface area (Å²) in [6.07, 6.45) is 2.89. The van der Waals surface area contributed by atoms with E-state index in [0.717, 1.165) is 19.3 Å². The van der Waals surface area contributed by atoms with Gasteiger partial charge < -0.3 is 9.26 Å². The molecule has 4 rings (SSSR count). The van der Waals surface area contributed by atoms with Gasteiger partial charge in [-0.05, 0) is 30.7 Å². The van der Waals surface area contributed by atoms with Crippen LogP contribution < -0.4 is 10.3 Å². The number of hydrogen-bond donors (Lipinski definition) is 0. The monoisotopic (exact) mass is 422 g/mol. The zero-order valence-electron chi connectivity index (χ0n) is 16.9. The second-order valence-corrected chi connectivity index (χ2v) is 7.66. The minimum Gasteiger partial charge on any atom is -0.495 e. The largest absolute Gasteiger partial charge is 0.495 e. The number of unbranched alkanes of at least 4 members (excludes halogenated alkanes) is 1. The van der Waals surface area contributed by atoms with Gasteiger partial charge in [0.15, 0.2) is 11.0 Å². The molecule has 154 valence electrons. The molecule has 2 aromatic heterocycles. The summed E-state index contributed by atoms with van der Waals surface area (Å²) in [6.45, 7) is 2.12. The van der Waals surface area contributed by atoms with Gasteiger partial charge in [-0.3, -0.25) is 9.36 Å². The molecule has 0 atom stereocenters. The molecule has 30 heavy (non-hydrogen) atoms. The van der Waals surface area contributed by atoms with Crippen LogP contribution in [0.3, 0.4) is 0 Å². The van der Waals surface area contributed by atoms with Crippen molar-refractivity contribution in [1.82, 2.24) is 19.7 Å². The van der Waals surface area contributed by atoms with Crippen molar-refractivity contribution in [2.75, 3.05) is 7.11 Å². The number of thioether (sulfide) groups is 1. The number of rotatable bonds is 8. The van der Waals surface area contributed by atoms with Crippen molar-refractivity contribution in [3.63, 3.8) is 0 Å². The van der Waals surface area contributed by atoms with E-state index in [2.05, 4.69) is 17.1 Å². The first-order valence-corrected chi connectivity index (χ1v) is 10.8. The molecule has 0 spiro atoms. The SMILES string of the molecule is CCCCc1noc(CSc2nc3ccccc3c(=O)n2-c2ccccc2OC)n1. The number of hydrogen-bond acceptors (Lipinski definition) is 7. The lowest BCUT2D eigenvalue weighted by molar-refractivity contribution is 0.384. The first kappa shape index (κ1) is 20.2. The number of methoxy groups -OCH3 is 1. The number of benzene rings is 2. The summed E-state index contributed by atoms with van der Waals surface area (Å²) in [5.41, 5.74) is 1.13. The fourth-order valence-electron chi connectivity index (χ4n) is 3.15.